The van der Waals surface area contributed by atoms with Crippen molar-refractivity contribution in [3.63, 3.8) is 0 Å². The van der Waals surface area contributed by atoms with Crippen LogP contribution in [0.25, 0.3) is 6.08 Å². The average molecular weight is 340 g/mol. The van der Waals surface area contributed by atoms with E-state index in [-0.39, 0.29) is 0 Å². The quantitative estimate of drug-likeness (QED) is 0.749. The Balaban J connectivity index is 2.61. The van der Waals surface area contributed by atoms with E-state index >= 15 is 0 Å². The number of carboxylic acids is 1. The normalized spacial score (nSPS) is 12.3. The number of halogens is 1. The number of hydrogen-bond donors (Lipinski definition) is 2. The lowest BCUT2D eigenvalue weighted by Crippen LogP contribution is -2.39. The van der Waals surface area contributed by atoms with Crippen molar-refractivity contribution in [2.24, 2.45) is 0 Å². The Morgan fingerprint density at radius 1 is 1.40 bits per heavy atom. The summed E-state index contributed by atoms with van der Waals surface area (Å²) < 4.78 is 0.879. The van der Waals surface area contributed by atoms with Crippen molar-refractivity contribution in [3.8, 4) is 0 Å². The number of amides is 1. The molecule has 1 atom stereocenters. The van der Waals surface area contributed by atoms with Gasteiger partial charge in [0.05, 0.1) is 0 Å². The van der Waals surface area contributed by atoms with Crippen molar-refractivity contribution >= 4 is 33.9 Å². The molecular formula is C15H18BrNO3. The SMILES string of the molecule is CCCC[C@H](NC(=O)/C=C/c1ccccc1Br)C(=O)O. The van der Waals surface area contributed by atoms with Crippen LogP contribution in [0.4, 0.5) is 0 Å². The smallest absolute Gasteiger partial charge is 0.326 e. The second kappa shape index (κ2) is 8.53. The number of aliphatic carboxylic acids is 1. The molecule has 4 nitrogen and oxygen atoms in total. The van der Waals surface area contributed by atoms with E-state index in [0.29, 0.717) is 6.42 Å². The minimum atomic E-state index is -0.999. The molecule has 2 N–H and O–H groups in total. The molecule has 0 aliphatic carbocycles. The largest absolute Gasteiger partial charge is 0.480 e. The minimum Gasteiger partial charge on any atom is -0.480 e. The third kappa shape index (κ3) is 5.57. The van der Waals surface area contributed by atoms with Crippen molar-refractivity contribution < 1.29 is 14.7 Å². The maximum Gasteiger partial charge on any atom is 0.326 e. The van der Waals surface area contributed by atoms with E-state index in [2.05, 4.69) is 21.2 Å². The van der Waals surface area contributed by atoms with E-state index in [4.69, 9.17) is 5.11 Å². The molecule has 1 amide bonds. The van der Waals surface area contributed by atoms with E-state index in [0.717, 1.165) is 22.9 Å². The molecule has 0 heterocycles. The van der Waals surface area contributed by atoms with Gasteiger partial charge < -0.3 is 10.4 Å². The van der Waals surface area contributed by atoms with E-state index < -0.39 is 17.9 Å². The van der Waals surface area contributed by atoms with Gasteiger partial charge in [-0.2, -0.15) is 0 Å². The lowest BCUT2D eigenvalue weighted by atomic mass is 10.1. The van der Waals surface area contributed by atoms with Gasteiger partial charge in [0.2, 0.25) is 5.91 Å². The van der Waals surface area contributed by atoms with Crippen LogP contribution in [-0.2, 0) is 9.59 Å². The fourth-order valence-corrected chi connectivity index (χ4v) is 2.08. The predicted octanol–water partition coefficient (Wildman–Crippen LogP) is 3.22. The number of nitrogens with one attached hydrogen (secondary N) is 1. The highest BCUT2D eigenvalue weighted by Gasteiger charge is 2.17. The molecule has 0 spiro atoms. The summed E-state index contributed by atoms with van der Waals surface area (Å²) in [6, 6.07) is 6.65. The van der Waals surface area contributed by atoms with Crippen LogP contribution in [0.5, 0.6) is 0 Å². The molecule has 108 valence electrons. The molecule has 20 heavy (non-hydrogen) atoms. The molecule has 0 aliphatic heterocycles. The van der Waals surface area contributed by atoms with Crippen LogP contribution in [0.2, 0.25) is 0 Å². The molecule has 0 fully saturated rings. The van der Waals surface area contributed by atoms with Crippen LogP contribution >= 0.6 is 15.9 Å². The molecule has 0 saturated heterocycles. The van der Waals surface area contributed by atoms with Crippen molar-refractivity contribution in [1.29, 1.82) is 0 Å². The first-order valence-electron chi connectivity index (χ1n) is 6.50. The first kappa shape index (κ1) is 16.4. The fraction of sp³-hybridized carbons (Fsp3) is 0.333. The summed E-state index contributed by atoms with van der Waals surface area (Å²) in [6.07, 6.45) is 5.11. The van der Waals surface area contributed by atoms with Gasteiger partial charge in [-0.25, -0.2) is 4.79 Å². The molecule has 0 aromatic heterocycles. The molecule has 0 aliphatic rings. The topological polar surface area (TPSA) is 66.4 Å². The third-order valence-corrected chi connectivity index (χ3v) is 3.50. The highest BCUT2D eigenvalue weighted by molar-refractivity contribution is 9.10. The monoisotopic (exact) mass is 339 g/mol. The Labute approximate surface area is 127 Å². The number of carboxylic acid groups (broad SMARTS) is 1. The van der Waals surface area contributed by atoms with Crippen molar-refractivity contribution in [1.82, 2.24) is 5.32 Å². The second-order valence-corrected chi connectivity index (χ2v) is 5.25. The summed E-state index contributed by atoms with van der Waals surface area (Å²) in [5, 5.41) is 11.5. The van der Waals surface area contributed by atoms with Crippen LogP contribution in [0.15, 0.2) is 34.8 Å². The van der Waals surface area contributed by atoms with Gasteiger partial charge in [0.15, 0.2) is 0 Å². The molecule has 0 bridgehead atoms. The summed E-state index contributed by atoms with van der Waals surface area (Å²) in [6.45, 7) is 1.98. The zero-order chi connectivity index (χ0) is 15.0. The number of benzene rings is 1. The van der Waals surface area contributed by atoms with Gasteiger partial charge in [0, 0.05) is 10.5 Å². The predicted molar refractivity (Wildman–Crippen MR) is 82.3 cm³/mol. The number of carbonyl (C=O) groups is 2. The Bertz CT molecular complexity index is 500. The molecule has 1 aromatic rings. The maximum atomic E-state index is 11.7. The van der Waals surface area contributed by atoms with Crippen molar-refractivity contribution in [2.75, 3.05) is 0 Å². The molecule has 0 saturated carbocycles. The Hall–Kier alpha value is -1.62. The molecule has 5 heteroatoms. The number of hydrogen-bond acceptors (Lipinski definition) is 2. The fourth-order valence-electron chi connectivity index (χ4n) is 1.66. The van der Waals surface area contributed by atoms with E-state index in [1.807, 2.05) is 31.2 Å². The summed E-state index contributed by atoms with van der Waals surface area (Å²) in [5.74, 6) is -1.40. The number of carbonyl (C=O) groups excluding carboxylic acids is 1. The van der Waals surface area contributed by atoms with E-state index in [1.165, 1.54) is 6.08 Å². The number of rotatable bonds is 7. The van der Waals surface area contributed by atoms with Gasteiger partial charge in [-0.3, -0.25) is 4.79 Å². The van der Waals surface area contributed by atoms with Gasteiger partial charge in [0.1, 0.15) is 6.04 Å². The molecular weight excluding hydrogens is 322 g/mol. The van der Waals surface area contributed by atoms with E-state index in [1.54, 1.807) is 6.08 Å². The molecule has 1 rings (SSSR count). The highest BCUT2D eigenvalue weighted by atomic mass is 79.9. The zero-order valence-electron chi connectivity index (χ0n) is 11.3. The Kier molecular flexibility index (Phi) is 7.01. The Morgan fingerprint density at radius 2 is 2.10 bits per heavy atom. The Morgan fingerprint density at radius 3 is 2.70 bits per heavy atom. The number of unbranched alkanes of at least 4 members (excludes halogenated alkanes) is 1. The lowest BCUT2D eigenvalue weighted by molar-refractivity contribution is -0.141. The first-order chi connectivity index (χ1) is 9.54. The van der Waals surface area contributed by atoms with Crippen LogP contribution in [0.1, 0.15) is 31.7 Å². The minimum absolute atomic E-state index is 0.399. The summed E-state index contributed by atoms with van der Waals surface area (Å²) in [5.41, 5.74) is 0.864. The summed E-state index contributed by atoms with van der Waals surface area (Å²) in [7, 11) is 0. The van der Waals surface area contributed by atoms with Crippen LogP contribution < -0.4 is 5.32 Å². The van der Waals surface area contributed by atoms with E-state index in [9.17, 15) is 9.59 Å². The van der Waals surface area contributed by atoms with Gasteiger partial charge in [0.25, 0.3) is 0 Å². The molecule has 0 radical (unpaired) electrons. The maximum absolute atomic E-state index is 11.7. The average Bonchev–Trinajstić information content (AvgIpc) is 2.42. The third-order valence-electron chi connectivity index (χ3n) is 2.78. The molecule has 0 unspecified atom stereocenters. The van der Waals surface area contributed by atoms with Crippen LogP contribution in [0, 0.1) is 0 Å². The van der Waals surface area contributed by atoms with Gasteiger partial charge in [-0.1, -0.05) is 53.9 Å². The summed E-state index contributed by atoms with van der Waals surface area (Å²) in [4.78, 5) is 22.8. The second-order valence-electron chi connectivity index (χ2n) is 4.40. The zero-order valence-corrected chi connectivity index (χ0v) is 12.9. The standard InChI is InChI=1S/C15H18BrNO3/c1-2-3-8-13(15(19)20)17-14(18)10-9-11-6-4-5-7-12(11)16/h4-7,9-10,13H,2-3,8H2,1H3,(H,17,18)(H,19,20)/b10-9+/t13-/m0/s1. The summed E-state index contributed by atoms with van der Waals surface area (Å²) >= 11 is 3.38. The van der Waals surface area contributed by atoms with Crippen molar-refractivity contribution in [2.45, 2.75) is 32.2 Å². The molecule has 1 aromatic carbocycles. The van der Waals surface area contributed by atoms with Gasteiger partial charge in [-0.15, -0.1) is 0 Å². The first-order valence-corrected chi connectivity index (χ1v) is 7.29. The van der Waals surface area contributed by atoms with Crippen LogP contribution in [0.3, 0.4) is 0 Å². The van der Waals surface area contributed by atoms with Gasteiger partial charge in [-0.05, 0) is 24.1 Å². The van der Waals surface area contributed by atoms with Crippen LogP contribution in [-0.4, -0.2) is 23.0 Å². The van der Waals surface area contributed by atoms with Gasteiger partial charge >= 0.3 is 5.97 Å². The lowest BCUT2D eigenvalue weighted by Gasteiger charge is -2.12. The highest BCUT2D eigenvalue weighted by Crippen LogP contribution is 2.16. The van der Waals surface area contributed by atoms with Crippen molar-refractivity contribution in [3.05, 3.63) is 40.4 Å².